The monoisotopic (exact) mass is 308 g/mol. The van der Waals surface area contributed by atoms with E-state index in [0.29, 0.717) is 11.1 Å². The van der Waals surface area contributed by atoms with Gasteiger partial charge in [-0.3, -0.25) is 4.90 Å². The number of likely N-dealkylation sites (tertiary alicyclic amines) is 1. The first kappa shape index (κ1) is 16.2. The fourth-order valence-corrected chi connectivity index (χ4v) is 2.95. The minimum absolute atomic E-state index is 0.341. The molecule has 1 fully saturated rings. The van der Waals surface area contributed by atoms with E-state index in [1.54, 1.807) is 7.11 Å². The molecule has 0 aromatic heterocycles. The van der Waals surface area contributed by atoms with Crippen molar-refractivity contribution in [1.29, 1.82) is 0 Å². The molecule has 0 radical (unpaired) electrons. The molecule has 4 nitrogen and oxygen atoms in total. The molecule has 2 N–H and O–H groups in total. The van der Waals surface area contributed by atoms with Crippen LogP contribution in [0.3, 0.4) is 0 Å². The van der Waals surface area contributed by atoms with E-state index in [2.05, 4.69) is 4.90 Å². The standard InChI is InChI=1S/C16H24N2O2S/c1-3-20-14-5-4-8-18(11-14)10-13-9-12(16(17)21)6-7-15(13)19-2/h6-7,9,14H,3-5,8,10-11H2,1-2H3,(H2,17,21). The highest BCUT2D eigenvalue weighted by Crippen LogP contribution is 2.24. The third-order valence-electron chi connectivity index (χ3n) is 3.82. The van der Waals surface area contributed by atoms with Gasteiger partial charge in [0.2, 0.25) is 0 Å². The molecule has 116 valence electrons. The van der Waals surface area contributed by atoms with Crippen molar-refractivity contribution in [2.45, 2.75) is 32.4 Å². The van der Waals surface area contributed by atoms with E-state index in [1.807, 2.05) is 25.1 Å². The summed E-state index contributed by atoms with van der Waals surface area (Å²) in [6.07, 6.45) is 2.66. The van der Waals surface area contributed by atoms with Gasteiger partial charge in [0.05, 0.1) is 13.2 Å². The molecule has 1 heterocycles. The lowest BCUT2D eigenvalue weighted by Crippen LogP contribution is -2.39. The SMILES string of the molecule is CCOC1CCCN(Cc2cc(C(N)=S)ccc2OC)C1. The van der Waals surface area contributed by atoms with E-state index < -0.39 is 0 Å². The molecule has 2 rings (SSSR count). The fourth-order valence-electron chi connectivity index (χ4n) is 2.82. The first-order valence-corrected chi connectivity index (χ1v) is 7.85. The highest BCUT2D eigenvalue weighted by molar-refractivity contribution is 7.80. The molecular formula is C16H24N2O2S. The minimum atomic E-state index is 0.341. The van der Waals surface area contributed by atoms with Crippen LogP contribution in [0.15, 0.2) is 18.2 Å². The topological polar surface area (TPSA) is 47.7 Å². The van der Waals surface area contributed by atoms with E-state index in [0.717, 1.165) is 49.5 Å². The first-order valence-electron chi connectivity index (χ1n) is 7.44. The Morgan fingerprint density at radius 3 is 2.95 bits per heavy atom. The average Bonchev–Trinajstić information content (AvgIpc) is 2.48. The maximum Gasteiger partial charge on any atom is 0.123 e. The molecule has 1 saturated heterocycles. The molecule has 0 spiro atoms. The molecule has 1 aliphatic rings. The van der Waals surface area contributed by atoms with Gasteiger partial charge in [0, 0.05) is 30.8 Å². The van der Waals surface area contributed by atoms with Crippen LogP contribution < -0.4 is 10.5 Å². The van der Waals surface area contributed by atoms with Gasteiger partial charge < -0.3 is 15.2 Å². The Kier molecular flexibility index (Phi) is 5.96. The number of nitrogens with zero attached hydrogens (tertiary/aromatic N) is 1. The summed E-state index contributed by atoms with van der Waals surface area (Å²) >= 11 is 5.06. The normalized spacial score (nSPS) is 19.4. The van der Waals surface area contributed by atoms with Crippen molar-refractivity contribution in [2.75, 3.05) is 26.8 Å². The van der Waals surface area contributed by atoms with E-state index >= 15 is 0 Å². The molecule has 1 unspecified atom stereocenters. The lowest BCUT2D eigenvalue weighted by atomic mass is 10.0. The number of methoxy groups -OCH3 is 1. The average molecular weight is 308 g/mol. The highest BCUT2D eigenvalue weighted by atomic mass is 32.1. The number of hydrogen-bond donors (Lipinski definition) is 1. The Bertz CT molecular complexity index is 491. The molecule has 21 heavy (non-hydrogen) atoms. The number of benzene rings is 1. The lowest BCUT2D eigenvalue weighted by molar-refractivity contribution is 0.00346. The maximum atomic E-state index is 5.76. The zero-order chi connectivity index (χ0) is 15.2. The Labute approximate surface area is 132 Å². The van der Waals surface area contributed by atoms with Gasteiger partial charge in [0.25, 0.3) is 0 Å². The van der Waals surface area contributed by atoms with Crippen LogP contribution in [0, 0.1) is 0 Å². The van der Waals surface area contributed by atoms with Gasteiger partial charge in [-0.2, -0.15) is 0 Å². The number of rotatable bonds is 6. The van der Waals surface area contributed by atoms with Crippen LogP contribution in [0.4, 0.5) is 0 Å². The van der Waals surface area contributed by atoms with Crippen LogP contribution in [-0.2, 0) is 11.3 Å². The number of piperidine rings is 1. The zero-order valence-electron chi connectivity index (χ0n) is 12.8. The largest absolute Gasteiger partial charge is 0.496 e. The molecular weight excluding hydrogens is 284 g/mol. The van der Waals surface area contributed by atoms with Gasteiger partial charge in [-0.15, -0.1) is 0 Å². The van der Waals surface area contributed by atoms with Crippen molar-refractivity contribution in [3.8, 4) is 5.75 Å². The highest BCUT2D eigenvalue weighted by Gasteiger charge is 2.21. The minimum Gasteiger partial charge on any atom is -0.496 e. The fraction of sp³-hybridized carbons (Fsp3) is 0.562. The molecule has 1 aliphatic heterocycles. The summed E-state index contributed by atoms with van der Waals surface area (Å²) in [5.41, 5.74) is 7.74. The van der Waals surface area contributed by atoms with Crippen molar-refractivity contribution in [3.63, 3.8) is 0 Å². The molecule has 0 saturated carbocycles. The van der Waals surface area contributed by atoms with Gasteiger partial charge in [-0.05, 0) is 44.5 Å². The van der Waals surface area contributed by atoms with Crippen molar-refractivity contribution in [3.05, 3.63) is 29.3 Å². The zero-order valence-corrected chi connectivity index (χ0v) is 13.6. The molecule has 0 bridgehead atoms. The van der Waals surface area contributed by atoms with Gasteiger partial charge in [0.15, 0.2) is 0 Å². The third-order valence-corrected chi connectivity index (χ3v) is 4.06. The van der Waals surface area contributed by atoms with Crippen LogP contribution in [0.5, 0.6) is 5.75 Å². The second-order valence-electron chi connectivity index (χ2n) is 5.35. The van der Waals surface area contributed by atoms with Crippen LogP contribution in [0.2, 0.25) is 0 Å². The smallest absolute Gasteiger partial charge is 0.123 e. The van der Waals surface area contributed by atoms with E-state index in [1.165, 1.54) is 6.42 Å². The number of thiocarbonyl (C=S) groups is 1. The molecule has 0 aliphatic carbocycles. The van der Waals surface area contributed by atoms with E-state index in [9.17, 15) is 0 Å². The van der Waals surface area contributed by atoms with Crippen LogP contribution in [0.25, 0.3) is 0 Å². The van der Waals surface area contributed by atoms with Crippen molar-refractivity contribution >= 4 is 17.2 Å². The second-order valence-corrected chi connectivity index (χ2v) is 5.79. The van der Waals surface area contributed by atoms with E-state index in [4.69, 9.17) is 27.4 Å². The third kappa shape index (κ3) is 4.40. The van der Waals surface area contributed by atoms with Gasteiger partial charge in [-0.25, -0.2) is 0 Å². The van der Waals surface area contributed by atoms with E-state index in [-0.39, 0.29) is 0 Å². The van der Waals surface area contributed by atoms with Gasteiger partial charge >= 0.3 is 0 Å². The Hall–Kier alpha value is -1.17. The van der Waals surface area contributed by atoms with Crippen molar-refractivity contribution in [1.82, 2.24) is 4.90 Å². The molecule has 5 heteroatoms. The predicted molar refractivity (Wildman–Crippen MR) is 88.8 cm³/mol. The summed E-state index contributed by atoms with van der Waals surface area (Å²) in [5, 5.41) is 0. The Morgan fingerprint density at radius 2 is 2.29 bits per heavy atom. The number of ether oxygens (including phenoxy) is 2. The van der Waals surface area contributed by atoms with Gasteiger partial charge in [-0.1, -0.05) is 12.2 Å². The predicted octanol–water partition coefficient (Wildman–Crippen LogP) is 2.33. The maximum absolute atomic E-state index is 5.76. The van der Waals surface area contributed by atoms with Crippen molar-refractivity contribution in [2.24, 2.45) is 5.73 Å². The summed E-state index contributed by atoms with van der Waals surface area (Å²) in [4.78, 5) is 2.83. The number of nitrogens with two attached hydrogens (primary N) is 1. The molecule has 0 amide bonds. The molecule has 1 aromatic carbocycles. The summed E-state index contributed by atoms with van der Waals surface area (Å²) in [6, 6.07) is 5.88. The second kappa shape index (κ2) is 7.73. The summed E-state index contributed by atoms with van der Waals surface area (Å²) < 4.78 is 11.2. The lowest BCUT2D eigenvalue weighted by Gasteiger charge is -2.32. The van der Waals surface area contributed by atoms with Crippen LogP contribution >= 0.6 is 12.2 Å². The summed E-state index contributed by atoms with van der Waals surface area (Å²) in [6.45, 7) is 5.72. The quantitative estimate of drug-likeness (QED) is 0.817. The Balaban J connectivity index is 2.10. The van der Waals surface area contributed by atoms with Crippen LogP contribution in [-0.4, -0.2) is 42.8 Å². The molecule has 1 aromatic rings. The summed E-state index contributed by atoms with van der Waals surface area (Å²) in [7, 11) is 1.69. The first-order chi connectivity index (χ1) is 10.1. The van der Waals surface area contributed by atoms with Crippen molar-refractivity contribution < 1.29 is 9.47 Å². The molecule has 1 atom stereocenters. The summed E-state index contributed by atoms with van der Waals surface area (Å²) in [5.74, 6) is 0.883. The Morgan fingerprint density at radius 1 is 1.48 bits per heavy atom. The van der Waals surface area contributed by atoms with Gasteiger partial charge in [0.1, 0.15) is 10.7 Å². The van der Waals surface area contributed by atoms with Crippen LogP contribution in [0.1, 0.15) is 30.9 Å². The number of hydrogen-bond acceptors (Lipinski definition) is 4.